The highest BCUT2D eigenvalue weighted by Crippen LogP contribution is 2.56. The molecule has 3 rings (SSSR count). The third-order valence-electron chi connectivity index (χ3n) is 3.53. The zero-order valence-electron chi connectivity index (χ0n) is 11.4. The molecule has 2 aromatic rings. The van der Waals surface area contributed by atoms with Crippen molar-refractivity contribution in [3.8, 4) is 0 Å². The number of nitrogens with zero attached hydrogens (tertiary/aromatic N) is 2. The minimum atomic E-state index is -2.67. The average Bonchev–Trinajstić information content (AvgIpc) is 2.92. The minimum absolute atomic E-state index is 0.119. The van der Waals surface area contributed by atoms with E-state index < -0.39 is 17.9 Å². The highest BCUT2D eigenvalue weighted by Gasteiger charge is 2.58. The molecule has 0 spiro atoms. The second-order valence-electron chi connectivity index (χ2n) is 5.17. The van der Waals surface area contributed by atoms with Gasteiger partial charge in [0.2, 0.25) is 0 Å². The number of rotatable bonds is 3. The van der Waals surface area contributed by atoms with Crippen LogP contribution in [0, 0.1) is 6.92 Å². The Morgan fingerprint density at radius 2 is 2.10 bits per heavy atom. The van der Waals surface area contributed by atoms with Gasteiger partial charge in [0, 0.05) is 18.2 Å². The number of carbonyl (C=O) groups excluding carboxylic acids is 1. The predicted molar refractivity (Wildman–Crippen MR) is 71.3 cm³/mol. The zero-order chi connectivity index (χ0) is 15.0. The van der Waals surface area contributed by atoms with Gasteiger partial charge in [0.15, 0.2) is 0 Å². The number of halogens is 2. The molecule has 0 N–H and O–H groups in total. The van der Waals surface area contributed by atoms with Gasteiger partial charge in [0.25, 0.3) is 5.92 Å². The Balaban J connectivity index is 1.67. The average molecular weight is 292 g/mol. The van der Waals surface area contributed by atoms with Crippen LogP contribution in [-0.2, 0) is 11.3 Å². The molecule has 4 nitrogen and oxygen atoms in total. The van der Waals surface area contributed by atoms with Gasteiger partial charge in [-0.1, -0.05) is 30.3 Å². The lowest BCUT2D eigenvalue weighted by molar-refractivity contribution is 0.112. The Labute approximate surface area is 120 Å². The third kappa shape index (κ3) is 2.79. The summed E-state index contributed by atoms with van der Waals surface area (Å²) in [5.74, 6) is -3.50. The summed E-state index contributed by atoms with van der Waals surface area (Å²) in [6.07, 6.45) is 0.490. The Morgan fingerprint density at radius 1 is 1.43 bits per heavy atom. The van der Waals surface area contributed by atoms with E-state index in [1.54, 1.807) is 6.92 Å². The van der Waals surface area contributed by atoms with Crippen LogP contribution in [0.3, 0.4) is 0 Å². The molecule has 1 atom stereocenters. The van der Waals surface area contributed by atoms with Crippen molar-refractivity contribution in [2.75, 3.05) is 0 Å². The molecule has 1 saturated carbocycles. The molecule has 1 heterocycles. The van der Waals surface area contributed by atoms with Gasteiger partial charge in [-0.25, -0.2) is 13.6 Å². The Kier molecular flexibility index (Phi) is 3.23. The fourth-order valence-corrected chi connectivity index (χ4v) is 2.25. The molecule has 1 aliphatic rings. The first-order valence-corrected chi connectivity index (χ1v) is 6.62. The van der Waals surface area contributed by atoms with Crippen LogP contribution in [0.15, 0.2) is 36.5 Å². The summed E-state index contributed by atoms with van der Waals surface area (Å²) in [6, 6.07) is 9.21. The summed E-state index contributed by atoms with van der Waals surface area (Å²) in [6.45, 7) is 1.73. The van der Waals surface area contributed by atoms with Gasteiger partial charge in [-0.2, -0.15) is 9.78 Å². The van der Waals surface area contributed by atoms with E-state index in [1.165, 1.54) is 6.20 Å². The fraction of sp³-hybridized carbons (Fsp3) is 0.333. The van der Waals surface area contributed by atoms with Crippen LogP contribution in [0.2, 0.25) is 0 Å². The smallest absolute Gasteiger partial charge is 0.435 e. The molecular weight excluding hydrogens is 278 g/mol. The van der Waals surface area contributed by atoms with Crippen LogP contribution in [0.5, 0.6) is 0 Å². The number of aryl methyl sites for hydroxylation is 1. The predicted octanol–water partition coefficient (Wildman–Crippen LogP) is 3.50. The number of hydrogen-bond donors (Lipinski definition) is 0. The van der Waals surface area contributed by atoms with E-state index in [0.717, 1.165) is 10.2 Å². The minimum Gasteiger partial charge on any atom is -0.443 e. The molecule has 1 fully saturated rings. The number of benzene rings is 1. The molecule has 6 heteroatoms. The first-order chi connectivity index (χ1) is 9.97. The van der Waals surface area contributed by atoms with Crippen LogP contribution < -0.4 is 0 Å². The summed E-state index contributed by atoms with van der Waals surface area (Å²) in [7, 11) is 0. The Morgan fingerprint density at radius 3 is 2.71 bits per heavy atom. The van der Waals surface area contributed by atoms with Gasteiger partial charge in [-0.05, 0) is 12.5 Å². The SMILES string of the molecule is Cc1nn(C(=O)OCc2ccccc2)cc1C1CC1(F)F. The van der Waals surface area contributed by atoms with Gasteiger partial charge >= 0.3 is 6.09 Å². The maximum absolute atomic E-state index is 13.1. The maximum atomic E-state index is 13.1. The fourth-order valence-electron chi connectivity index (χ4n) is 2.25. The van der Waals surface area contributed by atoms with Crippen molar-refractivity contribution in [3.63, 3.8) is 0 Å². The number of carbonyl (C=O) groups is 1. The van der Waals surface area contributed by atoms with Gasteiger partial charge < -0.3 is 4.74 Å². The topological polar surface area (TPSA) is 44.1 Å². The maximum Gasteiger partial charge on any atom is 0.435 e. The van der Waals surface area contributed by atoms with Crippen LogP contribution in [-0.4, -0.2) is 21.8 Å². The van der Waals surface area contributed by atoms with Gasteiger partial charge in [-0.15, -0.1) is 0 Å². The molecule has 110 valence electrons. The number of aromatic nitrogens is 2. The van der Waals surface area contributed by atoms with Crippen molar-refractivity contribution in [3.05, 3.63) is 53.3 Å². The highest BCUT2D eigenvalue weighted by atomic mass is 19.3. The lowest BCUT2D eigenvalue weighted by Crippen LogP contribution is -2.14. The number of alkyl halides is 2. The van der Waals surface area contributed by atoms with Gasteiger partial charge in [-0.3, -0.25) is 0 Å². The number of ether oxygens (including phenoxy) is 1. The van der Waals surface area contributed by atoms with E-state index in [2.05, 4.69) is 5.10 Å². The largest absolute Gasteiger partial charge is 0.443 e. The van der Waals surface area contributed by atoms with Crippen molar-refractivity contribution in [1.82, 2.24) is 9.78 Å². The summed E-state index contributed by atoms with van der Waals surface area (Å²) >= 11 is 0. The molecule has 0 radical (unpaired) electrons. The van der Waals surface area contributed by atoms with E-state index in [9.17, 15) is 13.6 Å². The van der Waals surface area contributed by atoms with E-state index >= 15 is 0 Å². The van der Waals surface area contributed by atoms with Crippen LogP contribution in [0.25, 0.3) is 0 Å². The lowest BCUT2D eigenvalue weighted by atomic mass is 10.2. The van der Waals surface area contributed by atoms with Crippen LogP contribution in [0.4, 0.5) is 13.6 Å². The van der Waals surface area contributed by atoms with Crippen molar-refractivity contribution in [2.24, 2.45) is 0 Å². The lowest BCUT2D eigenvalue weighted by Gasteiger charge is -2.03. The first-order valence-electron chi connectivity index (χ1n) is 6.62. The number of hydrogen-bond acceptors (Lipinski definition) is 3. The molecular formula is C15H14F2N2O2. The van der Waals surface area contributed by atoms with Crippen molar-refractivity contribution < 1.29 is 18.3 Å². The second kappa shape index (κ2) is 4.95. The molecule has 1 unspecified atom stereocenters. The monoisotopic (exact) mass is 292 g/mol. The molecule has 21 heavy (non-hydrogen) atoms. The summed E-state index contributed by atoms with van der Waals surface area (Å²) in [5.41, 5.74) is 1.70. The first kappa shape index (κ1) is 13.7. The second-order valence-corrected chi connectivity index (χ2v) is 5.17. The van der Waals surface area contributed by atoms with E-state index in [4.69, 9.17) is 4.74 Å². The van der Waals surface area contributed by atoms with Crippen molar-refractivity contribution in [2.45, 2.75) is 31.8 Å². The third-order valence-corrected chi connectivity index (χ3v) is 3.53. The molecule has 0 aliphatic heterocycles. The molecule has 0 saturated heterocycles. The zero-order valence-corrected chi connectivity index (χ0v) is 11.4. The molecule has 1 aromatic carbocycles. The molecule has 1 aromatic heterocycles. The van der Waals surface area contributed by atoms with Crippen LogP contribution >= 0.6 is 0 Å². The van der Waals surface area contributed by atoms with E-state index in [1.807, 2.05) is 30.3 Å². The quantitative estimate of drug-likeness (QED) is 0.869. The van der Waals surface area contributed by atoms with Gasteiger partial charge in [0.1, 0.15) is 6.61 Å². The normalized spacial score (nSPS) is 19.3. The molecule has 0 bridgehead atoms. The van der Waals surface area contributed by atoms with Crippen LogP contribution in [0.1, 0.15) is 29.2 Å². The molecule has 0 amide bonds. The highest BCUT2D eigenvalue weighted by molar-refractivity contribution is 5.69. The van der Waals surface area contributed by atoms with Crippen molar-refractivity contribution >= 4 is 6.09 Å². The molecule has 1 aliphatic carbocycles. The van der Waals surface area contributed by atoms with Gasteiger partial charge in [0.05, 0.1) is 11.6 Å². The summed E-state index contributed by atoms with van der Waals surface area (Å²) in [4.78, 5) is 11.9. The standard InChI is InChI=1S/C15H14F2N2O2/c1-10-12(13-7-15(13,16)17)8-19(18-10)14(20)21-9-11-5-3-2-4-6-11/h2-6,8,13H,7,9H2,1H3. The Hall–Kier alpha value is -2.24. The Bertz CT molecular complexity index is 668. The van der Waals surface area contributed by atoms with E-state index in [0.29, 0.717) is 11.3 Å². The summed E-state index contributed by atoms with van der Waals surface area (Å²) in [5, 5.41) is 3.96. The van der Waals surface area contributed by atoms with E-state index in [-0.39, 0.29) is 13.0 Å². The van der Waals surface area contributed by atoms with Crippen molar-refractivity contribution in [1.29, 1.82) is 0 Å². The summed E-state index contributed by atoms with van der Waals surface area (Å²) < 4.78 is 32.3.